The summed E-state index contributed by atoms with van der Waals surface area (Å²) >= 11 is 6.03. The third kappa shape index (κ3) is 1.91. The molecule has 3 N–H and O–H groups in total. The Morgan fingerprint density at radius 2 is 2.17 bits per heavy atom. The number of hydroxylamine groups is 3. The van der Waals surface area contributed by atoms with Gasteiger partial charge in [-0.15, -0.1) is 4.65 Å². The van der Waals surface area contributed by atoms with E-state index in [2.05, 4.69) is 0 Å². The van der Waals surface area contributed by atoms with Gasteiger partial charge in [-0.25, -0.2) is 5.21 Å². The van der Waals surface area contributed by atoms with Gasteiger partial charge in [0.2, 0.25) is 6.17 Å². The number of rotatable bonds is 2. The minimum absolute atomic E-state index is 0.206. The first-order chi connectivity index (χ1) is 8.39. The van der Waals surface area contributed by atoms with Crippen molar-refractivity contribution in [3.63, 3.8) is 0 Å². The van der Waals surface area contributed by atoms with Crippen LogP contribution in [-0.2, 0) is 0 Å². The van der Waals surface area contributed by atoms with Gasteiger partial charge in [0.1, 0.15) is 7.05 Å². The van der Waals surface area contributed by atoms with Crippen LogP contribution in [-0.4, -0.2) is 35.4 Å². The van der Waals surface area contributed by atoms with Crippen LogP contribution in [0.5, 0.6) is 0 Å². The van der Waals surface area contributed by atoms with Crippen LogP contribution < -0.4 is 5.73 Å². The molecule has 0 amide bonds. The lowest BCUT2D eigenvalue weighted by Gasteiger charge is -2.32. The number of allylic oxidation sites excluding steroid dienone is 1. The van der Waals surface area contributed by atoms with Crippen LogP contribution in [0, 0.1) is 0 Å². The standard InChI is InChI=1S/C13H19ClN3O/c1-9-12(8-15)17(3,18)13(16(9)2)10-5-4-6-11(14)7-10/h4-7,13,18H,8,15H2,1-3H3/q+1. The third-order valence-electron chi connectivity index (χ3n) is 3.68. The van der Waals surface area contributed by atoms with Gasteiger partial charge in [0.25, 0.3) is 0 Å². The van der Waals surface area contributed by atoms with E-state index in [1.165, 1.54) is 0 Å². The van der Waals surface area contributed by atoms with Crippen LogP contribution in [0.15, 0.2) is 35.7 Å². The minimum atomic E-state index is -0.237. The predicted molar refractivity (Wildman–Crippen MR) is 71.7 cm³/mol. The van der Waals surface area contributed by atoms with E-state index >= 15 is 0 Å². The molecule has 0 saturated heterocycles. The van der Waals surface area contributed by atoms with E-state index in [0.29, 0.717) is 11.6 Å². The minimum Gasteiger partial charge on any atom is -0.322 e. The number of hydrogen-bond acceptors (Lipinski definition) is 3. The van der Waals surface area contributed by atoms with Gasteiger partial charge in [0, 0.05) is 17.6 Å². The summed E-state index contributed by atoms with van der Waals surface area (Å²) in [4.78, 5) is 2.04. The van der Waals surface area contributed by atoms with Crippen LogP contribution in [0.2, 0.25) is 5.02 Å². The fourth-order valence-electron chi connectivity index (χ4n) is 2.71. The lowest BCUT2D eigenvalue weighted by atomic mass is 10.1. The zero-order chi connectivity index (χ0) is 13.5. The molecule has 0 radical (unpaired) electrons. The van der Waals surface area contributed by atoms with Crippen LogP contribution in [0.3, 0.4) is 0 Å². The summed E-state index contributed by atoms with van der Waals surface area (Å²) in [5, 5.41) is 11.4. The molecule has 1 heterocycles. The smallest absolute Gasteiger partial charge is 0.225 e. The second kappa shape index (κ2) is 4.55. The average Bonchev–Trinajstić information content (AvgIpc) is 2.45. The highest BCUT2D eigenvalue weighted by Gasteiger charge is 2.48. The van der Waals surface area contributed by atoms with E-state index in [4.69, 9.17) is 17.3 Å². The molecule has 4 nitrogen and oxygen atoms in total. The van der Waals surface area contributed by atoms with Gasteiger partial charge in [0.05, 0.1) is 12.2 Å². The number of halogens is 1. The molecule has 0 aromatic heterocycles. The first-order valence-electron chi connectivity index (χ1n) is 5.87. The molecule has 2 unspecified atom stereocenters. The highest BCUT2D eigenvalue weighted by atomic mass is 35.5. The SMILES string of the molecule is CC1=C(CN)[N+](C)(O)C(c2cccc(Cl)c2)N1C. The summed E-state index contributed by atoms with van der Waals surface area (Å²) in [7, 11) is 3.71. The van der Waals surface area contributed by atoms with Crippen LogP contribution in [0.4, 0.5) is 0 Å². The second-order valence-corrected chi connectivity index (χ2v) is 5.24. The van der Waals surface area contributed by atoms with Gasteiger partial charge in [0.15, 0.2) is 5.70 Å². The normalized spacial score (nSPS) is 28.1. The largest absolute Gasteiger partial charge is 0.322 e. The second-order valence-electron chi connectivity index (χ2n) is 4.80. The molecule has 0 fully saturated rings. The number of likely N-dealkylation sites (N-methyl/N-ethyl adjacent to an activating group) is 1. The quantitative estimate of drug-likeness (QED) is 0.810. The van der Waals surface area contributed by atoms with Gasteiger partial charge in [-0.3, -0.25) is 0 Å². The summed E-state index contributed by atoms with van der Waals surface area (Å²) in [5.74, 6) is 0. The van der Waals surface area contributed by atoms with Crippen molar-refractivity contribution in [3.05, 3.63) is 46.2 Å². The van der Waals surface area contributed by atoms with Crippen molar-refractivity contribution in [2.45, 2.75) is 13.1 Å². The Kier molecular flexibility index (Phi) is 3.38. The first kappa shape index (κ1) is 13.4. The highest BCUT2D eigenvalue weighted by Crippen LogP contribution is 2.41. The molecule has 5 heteroatoms. The van der Waals surface area contributed by atoms with Crippen molar-refractivity contribution in [3.8, 4) is 0 Å². The Balaban J connectivity index is 2.48. The number of quaternary nitrogens is 1. The van der Waals surface area contributed by atoms with E-state index in [0.717, 1.165) is 17.0 Å². The molecule has 2 atom stereocenters. The number of benzene rings is 1. The van der Waals surface area contributed by atoms with E-state index in [1.807, 2.05) is 43.1 Å². The van der Waals surface area contributed by atoms with Crippen LogP contribution in [0.1, 0.15) is 18.7 Å². The predicted octanol–water partition coefficient (Wildman–Crippen LogP) is 2.31. The molecule has 2 rings (SSSR count). The van der Waals surface area contributed by atoms with Gasteiger partial charge in [-0.1, -0.05) is 23.7 Å². The molecule has 1 aliphatic heterocycles. The van der Waals surface area contributed by atoms with Gasteiger partial charge < -0.3 is 10.6 Å². The van der Waals surface area contributed by atoms with Crippen LogP contribution in [0.25, 0.3) is 0 Å². The molecule has 18 heavy (non-hydrogen) atoms. The summed E-state index contributed by atoms with van der Waals surface area (Å²) in [6.45, 7) is 2.31. The molecule has 98 valence electrons. The number of nitrogens with two attached hydrogens (primary N) is 1. The van der Waals surface area contributed by atoms with Crippen molar-refractivity contribution in [1.29, 1.82) is 0 Å². The summed E-state index contributed by atoms with van der Waals surface area (Å²) < 4.78 is -0.237. The summed E-state index contributed by atoms with van der Waals surface area (Å²) in [5.41, 5.74) is 8.54. The van der Waals surface area contributed by atoms with Crippen molar-refractivity contribution < 1.29 is 9.85 Å². The maximum Gasteiger partial charge on any atom is 0.225 e. The first-order valence-corrected chi connectivity index (χ1v) is 6.25. The molecular weight excluding hydrogens is 250 g/mol. The fraction of sp³-hybridized carbons (Fsp3) is 0.385. The lowest BCUT2D eigenvalue weighted by molar-refractivity contribution is -1.08. The molecule has 0 aliphatic carbocycles. The maximum atomic E-state index is 10.7. The molecule has 1 aliphatic rings. The van der Waals surface area contributed by atoms with Crippen LogP contribution >= 0.6 is 11.6 Å². The Bertz CT molecular complexity index is 499. The van der Waals surface area contributed by atoms with E-state index in [-0.39, 0.29) is 10.8 Å². The van der Waals surface area contributed by atoms with E-state index < -0.39 is 0 Å². The van der Waals surface area contributed by atoms with Gasteiger partial charge in [-0.2, -0.15) is 0 Å². The third-order valence-corrected chi connectivity index (χ3v) is 3.91. The maximum absolute atomic E-state index is 10.7. The Labute approximate surface area is 112 Å². The zero-order valence-corrected chi connectivity index (χ0v) is 11.6. The lowest BCUT2D eigenvalue weighted by Crippen LogP contribution is -2.44. The Morgan fingerprint density at radius 1 is 1.50 bits per heavy atom. The molecule has 0 saturated carbocycles. The molecular formula is C13H19ClN3O+. The monoisotopic (exact) mass is 268 g/mol. The molecule has 0 spiro atoms. The molecule has 0 bridgehead atoms. The topological polar surface area (TPSA) is 49.5 Å². The fourth-order valence-corrected chi connectivity index (χ4v) is 2.91. The summed E-state index contributed by atoms with van der Waals surface area (Å²) in [6.07, 6.45) is -0.206. The molecule has 1 aromatic carbocycles. The van der Waals surface area contributed by atoms with Crippen molar-refractivity contribution in [2.24, 2.45) is 5.73 Å². The van der Waals surface area contributed by atoms with Gasteiger partial charge >= 0.3 is 0 Å². The number of hydrogen-bond donors (Lipinski definition) is 2. The summed E-state index contributed by atoms with van der Waals surface area (Å²) in [6, 6.07) is 7.56. The van der Waals surface area contributed by atoms with Crippen molar-refractivity contribution in [2.75, 3.05) is 20.6 Å². The van der Waals surface area contributed by atoms with Gasteiger partial charge in [-0.05, 0) is 19.1 Å². The average molecular weight is 269 g/mol. The number of nitrogens with zero attached hydrogens (tertiary/aromatic N) is 2. The van der Waals surface area contributed by atoms with Crippen molar-refractivity contribution >= 4 is 11.6 Å². The Morgan fingerprint density at radius 3 is 2.67 bits per heavy atom. The highest BCUT2D eigenvalue weighted by molar-refractivity contribution is 6.30. The van der Waals surface area contributed by atoms with Crippen molar-refractivity contribution in [1.82, 2.24) is 4.90 Å². The van der Waals surface area contributed by atoms with E-state index in [9.17, 15) is 5.21 Å². The van der Waals surface area contributed by atoms with E-state index in [1.54, 1.807) is 7.05 Å². The zero-order valence-electron chi connectivity index (χ0n) is 10.9. The molecule has 1 aromatic rings. The Hall–Kier alpha value is -1.07.